The molecule has 1 rings (SSSR count). The van der Waals surface area contributed by atoms with E-state index in [4.69, 9.17) is 10.00 Å². The van der Waals surface area contributed by atoms with Crippen molar-refractivity contribution in [1.29, 1.82) is 5.26 Å². The molecule has 0 spiro atoms. The Balaban J connectivity index is 2.59. The van der Waals surface area contributed by atoms with Gasteiger partial charge in [-0.05, 0) is 20.8 Å². The number of rotatable bonds is 4. The summed E-state index contributed by atoms with van der Waals surface area (Å²) in [6.45, 7) is 9.07. The van der Waals surface area contributed by atoms with Gasteiger partial charge in [-0.2, -0.15) is 5.26 Å². The van der Waals surface area contributed by atoms with Gasteiger partial charge in [-0.1, -0.05) is 0 Å². The Morgan fingerprint density at radius 3 is 2.76 bits per heavy atom. The minimum atomic E-state index is -0.407. The molecule has 0 saturated carbocycles. The number of carbonyl (C=O) groups excluding carboxylic acids is 1. The molecule has 1 fully saturated rings. The van der Waals surface area contributed by atoms with Crippen molar-refractivity contribution in [2.45, 2.75) is 32.9 Å². The van der Waals surface area contributed by atoms with E-state index in [9.17, 15) is 4.79 Å². The van der Waals surface area contributed by atoms with E-state index >= 15 is 0 Å². The maximum absolute atomic E-state index is 12.2. The van der Waals surface area contributed by atoms with Crippen molar-refractivity contribution < 1.29 is 9.53 Å². The lowest BCUT2D eigenvalue weighted by atomic mass is 10.2. The van der Waals surface area contributed by atoms with Gasteiger partial charge in [0.15, 0.2) is 6.10 Å². The fraction of sp³-hybridized carbons (Fsp3) is 0.833. The first-order valence-corrected chi connectivity index (χ1v) is 6.18. The van der Waals surface area contributed by atoms with Gasteiger partial charge in [-0.3, -0.25) is 9.69 Å². The number of amides is 1. The van der Waals surface area contributed by atoms with Crippen LogP contribution in [0.1, 0.15) is 20.8 Å². The minimum absolute atomic E-state index is 0.133. The van der Waals surface area contributed by atoms with Crippen LogP contribution in [0.25, 0.3) is 0 Å². The fourth-order valence-corrected chi connectivity index (χ4v) is 2.05. The summed E-state index contributed by atoms with van der Waals surface area (Å²) in [5.74, 6) is 0.133. The average molecular weight is 239 g/mol. The second-order valence-corrected chi connectivity index (χ2v) is 4.17. The van der Waals surface area contributed by atoms with Crippen molar-refractivity contribution in [2.75, 3.05) is 32.8 Å². The highest BCUT2D eigenvalue weighted by molar-refractivity contribution is 5.81. The molecule has 0 bridgehead atoms. The van der Waals surface area contributed by atoms with Crippen LogP contribution >= 0.6 is 0 Å². The van der Waals surface area contributed by atoms with Crippen molar-refractivity contribution in [3.8, 4) is 6.07 Å². The third-order valence-electron chi connectivity index (χ3n) is 3.22. The second-order valence-electron chi connectivity index (χ2n) is 4.17. The van der Waals surface area contributed by atoms with Crippen molar-refractivity contribution in [3.63, 3.8) is 0 Å². The van der Waals surface area contributed by atoms with Gasteiger partial charge in [0.25, 0.3) is 0 Å². The number of ether oxygens (including phenoxy) is 1. The van der Waals surface area contributed by atoms with E-state index in [1.54, 1.807) is 0 Å². The lowest BCUT2D eigenvalue weighted by Gasteiger charge is -2.35. The number of nitrogens with zero attached hydrogens (tertiary/aromatic N) is 3. The van der Waals surface area contributed by atoms with E-state index in [0.29, 0.717) is 19.7 Å². The Labute approximate surface area is 103 Å². The Kier molecular flexibility index (Phi) is 5.39. The van der Waals surface area contributed by atoms with E-state index in [0.717, 1.165) is 13.1 Å². The van der Waals surface area contributed by atoms with Crippen LogP contribution in [-0.4, -0.2) is 60.6 Å². The molecule has 2 atom stereocenters. The molecule has 5 heteroatoms. The zero-order chi connectivity index (χ0) is 12.8. The number of hydrogen-bond acceptors (Lipinski definition) is 4. The summed E-state index contributed by atoms with van der Waals surface area (Å²) in [4.78, 5) is 16.0. The largest absolute Gasteiger partial charge is 0.361 e. The first-order valence-electron chi connectivity index (χ1n) is 6.18. The van der Waals surface area contributed by atoms with Gasteiger partial charge in [0.1, 0.15) is 0 Å². The molecule has 1 aliphatic rings. The standard InChI is InChI=1S/C12H21N3O2/c1-4-14(5-2)12(16)10(3)15-6-7-17-11(8-13)9-15/h10-11H,4-7,9H2,1-3H3. The van der Waals surface area contributed by atoms with Crippen molar-refractivity contribution in [3.05, 3.63) is 0 Å². The summed E-state index contributed by atoms with van der Waals surface area (Å²) in [7, 11) is 0. The summed E-state index contributed by atoms with van der Waals surface area (Å²) in [6.07, 6.45) is -0.407. The van der Waals surface area contributed by atoms with E-state index in [-0.39, 0.29) is 11.9 Å². The molecular weight excluding hydrogens is 218 g/mol. The summed E-state index contributed by atoms with van der Waals surface area (Å²) in [6, 6.07) is 1.92. The quantitative estimate of drug-likeness (QED) is 0.715. The van der Waals surface area contributed by atoms with Gasteiger partial charge in [-0.25, -0.2) is 0 Å². The van der Waals surface area contributed by atoms with Crippen LogP contribution in [0.4, 0.5) is 0 Å². The molecule has 0 aromatic heterocycles. The summed E-state index contributed by atoms with van der Waals surface area (Å²) in [5.41, 5.74) is 0. The highest BCUT2D eigenvalue weighted by atomic mass is 16.5. The lowest BCUT2D eigenvalue weighted by Crippen LogP contribution is -2.52. The second kappa shape index (κ2) is 6.58. The van der Waals surface area contributed by atoms with Gasteiger partial charge in [-0.15, -0.1) is 0 Å². The Morgan fingerprint density at radius 2 is 2.24 bits per heavy atom. The van der Waals surface area contributed by atoms with Crippen LogP contribution in [0.5, 0.6) is 0 Å². The molecule has 1 saturated heterocycles. The molecule has 1 aliphatic heterocycles. The van der Waals surface area contributed by atoms with Crippen LogP contribution in [0, 0.1) is 11.3 Å². The van der Waals surface area contributed by atoms with Crippen molar-refractivity contribution >= 4 is 5.91 Å². The number of hydrogen-bond donors (Lipinski definition) is 0. The molecule has 1 amide bonds. The lowest BCUT2D eigenvalue weighted by molar-refractivity contribution is -0.138. The zero-order valence-electron chi connectivity index (χ0n) is 10.8. The summed E-state index contributed by atoms with van der Waals surface area (Å²) < 4.78 is 5.27. The van der Waals surface area contributed by atoms with E-state index in [1.807, 2.05) is 30.6 Å². The number of carbonyl (C=O) groups is 1. The van der Waals surface area contributed by atoms with Gasteiger partial charge in [0.05, 0.1) is 18.7 Å². The smallest absolute Gasteiger partial charge is 0.239 e. The highest BCUT2D eigenvalue weighted by Gasteiger charge is 2.29. The average Bonchev–Trinajstić information content (AvgIpc) is 2.39. The minimum Gasteiger partial charge on any atom is -0.361 e. The predicted molar refractivity (Wildman–Crippen MR) is 64.3 cm³/mol. The topological polar surface area (TPSA) is 56.6 Å². The maximum atomic E-state index is 12.2. The van der Waals surface area contributed by atoms with Crippen LogP contribution in [0.3, 0.4) is 0 Å². The number of nitriles is 1. The molecule has 1 heterocycles. The van der Waals surface area contributed by atoms with Crippen LogP contribution in [-0.2, 0) is 9.53 Å². The number of likely N-dealkylation sites (N-methyl/N-ethyl adjacent to an activating group) is 1. The third kappa shape index (κ3) is 3.42. The first kappa shape index (κ1) is 13.9. The van der Waals surface area contributed by atoms with Crippen LogP contribution in [0.15, 0.2) is 0 Å². The molecule has 5 nitrogen and oxygen atoms in total. The molecule has 0 aliphatic carbocycles. The SMILES string of the molecule is CCN(CC)C(=O)C(C)N1CCOC(C#N)C1. The third-order valence-corrected chi connectivity index (χ3v) is 3.22. The monoisotopic (exact) mass is 239 g/mol. The first-order chi connectivity index (χ1) is 8.13. The van der Waals surface area contributed by atoms with Crippen molar-refractivity contribution in [2.24, 2.45) is 0 Å². The summed E-state index contributed by atoms with van der Waals surface area (Å²) in [5, 5.41) is 8.83. The zero-order valence-corrected chi connectivity index (χ0v) is 10.8. The van der Waals surface area contributed by atoms with Gasteiger partial charge >= 0.3 is 0 Å². The van der Waals surface area contributed by atoms with Gasteiger partial charge in [0.2, 0.25) is 5.91 Å². The Bertz CT molecular complexity index is 297. The molecule has 0 aromatic rings. The molecule has 0 aromatic carbocycles. The van der Waals surface area contributed by atoms with Crippen molar-refractivity contribution in [1.82, 2.24) is 9.80 Å². The van der Waals surface area contributed by atoms with E-state index in [2.05, 4.69) is 6.07 Å². The molecule has 17 heavy (non-hydrogen) atoms. The van der Waals surface area contributed by atoms with Crippen LogP contribution < -0.4 is 0 Å². The number of morpholine rings is 1. The molecule has 2 unspecified atom stereocenters. The van der Waals surface area contributed by atoms with Crippen LogP contribution in [0.2, 0.25) is 0 Å². The molecule has 0 radical (unpaired) electrons. The van der Waals surface area contributed by atoms with Gasteiger partial charge < -0.3 is 9.64 Å². The Morgan fingerprint density at radius 1 is 1.59 bits per heavy atom. The molecule has 0 N–H and O–H groups in total. The van der Waals surface area contributed by atoms with Gasteiger partial charge in [0, 0.05) is 26.2 Å². The van der Waals surface area contributed by atoms with E-state index < -0.39 is 6.10 Å². The predicted octanol–water partition coefficient (Wildman–Crippen LogP) is 0.468. The van der Waals surface area contributed by atoms with E-state index in [1.165, 1.54) is 0 Å². The normalized spacial score (nSPS) is 22.8. The Hall–Kier alpha value is -1.12. The maximum Gasteiger partial charge on any atom is 0.239 e. The molecule has 96 valence electrons. The summed E-state index contributed by atoms with van der Waals surface area (Å²) >= 11 is 0. The molecular formula is C12H21N3O2. The fourth-order valence-electron chi connectivity index (χ4n) is 2.05. The highest BCUT2D eigenvalue weighted by Crippen LogP contribution is 2.10.